The molecule has 1 aliphatic heterocycles. The van der Waals surface area contributed by atoms with Crippen LogP contribution in [-0.2, 0) is 9.53 Å². The Labute approximate surface area is 187 Å². The van der Waals surface area contributed by atoms with Gasteiger partial charge in [-0.25, -0.2) is 4.79 Å². The van der Waals surface area contributed by atoms with Crippen LogP contribution in [0.2, 0.25) is 5.02 Å². The summed E-state index contributed by atoms with van der Waals surface area (Å²) in [5, 5.41) is 20.7. The van der Waals surface area contributed by atoms with Gasteiger partial charge in [0.05, 0.1) is 23.9 Å². The predicted molar refractivity (Wildman–Crippen MR) is 116 cm³/mol. The van der Waals surface area contributed by atoms with Gasteiger partial charge in [0, 0.05) is 10.6 Å². The Morgan fingerprint density at radius 2 is 1.94 bits per heavy atom. The standard InChI is InChI=1S/C22H30ClN3O5/c1-20(2,3)31-19(29)26-22-8-6-21(7-9-22,11-17(22)27)25-18(28)16-12-24-14-10-13(23)4-5-15(14)30-16/h4-5,10,16-17,24,27H,6-9,11-12H2,1-3H3,(H,25,28)(H,26,29)/t16?,17-,21?,22?/m0/s1. The first-order valence-electron chi connectivity index (χ1n) is 10.7. The third-order valence-corrected chi connectivity index (χ3v) is 6.68. The van der Waals surface area contributed by atoms with E-state index in [9.17, 15) is 14.7 Å². The molecule has 31 heavy (non-hydrogen) atoms. The van der Waals surface area contributed by atoms with Crippen molar-refractivity contribution in [3.8, 4) is 5.75 Å². The van der Waals surface area contributed by atoms with Crippen LogP contribution in [0.4, 0.5) is 10.5 Å². The van der Waals surface area contributed by atoms with E-state index in [0.29, 0.717) is 49.4 Å². The number of halogens is 1. The van der Waals surface area contributed by atoms with E-state index in [4.69, 9.17) is 21.1 Å². The maximum atomic E-state index is 13.0. The van der Waals surface area contributed by atoms with Gasteiger partial charge in [0.15, 0.2) is 6.10 Å². The Bertz CT molecular complexity index is 876. The zero-order valence-electron chi connectivity index (χ0n) is 18.1. The lowest BCUT2D eigenvalue weighted by Gasteiger charge is -2.56. The SMILES string of the molecule is CC(C)(C)OC(=O)NC12CCC(NC(=O)C3CNc4cc(Cl)ccc4O3)(CC1)C[C@@H]2O. The number of fused-ring (bicyclic) bond motifs is 4. The van der Waals surface area contributed by atoms with Crippen LogP contribution < -0.4 is 20.7 Å². The van der Waals surface area contributed by atoms with Crippen LogP contribution in [0.3, 0.4) is 0 Å². The van der Waals surface area contributed by atoms with Crippen LogP contribution in [-0.4, -0.2) is 52.5 Å². The number of carbonyl (C=O) groups excluding carboxylic acids is 2. The second-order valence-corrected chi connectivity index (χ2v) is 10.3. The summed E-state index contributed by atoms with van der Waals surface area (Å²) in [6.07, 6.45) is 0.879. The number of hydrogen-bond donors (Lipinski definition) is 4. The highest BCUT2D eigenvalue weighted by atomic mass is 35.5. The van der Waals surface area contributed by atoms with Crippen LogP contribution in [0.5, 0.6) is 5.75 Å². The molecule has 1 aromatic carbocycles. The summed E-state index contributed by atoms with van der Waals surface area (Å²) in [7, 11) is 0. The molecule has 4 aliphatic rings. The fourth-order valence-corrected chi connectivity index (χ4v) is 4.97. The summed E-state index contributed by atoms with van der Waals surface area (Å²) in [5.74, 6) is 0.371. The monoisotopic (exact) mass is 451 g/mol. The van der Waals surface area contributed by atoms with Crippen LogP contribution in [0.15, 0.2) is 18.2 Å². The first-order valence-corrected chi connectivity index (χ1v) is 11.1. The fraction of sp³-hybridized carbons (Fsp3) is 0.636. The van der Waals surface area contributed by atoms with Crippen molar-refractivity contribution in [1.29, 1.82) is 0 Å². The quantitative estimate of drug-likeness (QED) is 0.562. The molecule has 3 fully saturated rings. The molecule has 0 radical (unpaired) electrons. The number of benzene rings is 1. The number of rotatable bonds is 3. The number of alkyl carbamates (subject to hydrolysis) is 1. The highest BCUT2D eigenvalue weighted by Gasteiger charge is 2.56. The molecule has 5 rings (SSSR count). The topological polar surface area (TPSA) is 109 Å². The summed E-state index contributed by atoms with van der Waals surface area (Å²) < 4.78 is 11.2. The maximum Gasteiger partial charge on any atom is 0.408 e. The molecule has 0 aromatic heterocycles. The van der Waals surface area contributed by atoms with Gasteiger partial charge in [-0.2, -0.15) is 0 Å². The number of aliphatic hydroxyl groups excluding tert-OH is 1. The molecule has 4 N–H and O–H groups in total. The summed E-state index contributed by atoms with van der Waals surface area (Å²) in [4.78, 5) is 25.3. The summed E-state index contributed by atoms with van der Waals surface area (Å²) in [5.41, 5.74) is -1.06. The van der Waals surface area contributed by atoms with Gasteiger partial charge in [0.2, 0.25) is 0 Å². The largest absolute Gasteiger partial charge is 0.477 e. The fourth-order valence-electron chi connectivity index (χ4n) is 4.80. The van der Waals surface area contributed by atoms with Gasteiger partial charge in [-0.3, -0.25) is 4.79 Å². The molecule has 8 nitrogen and oxygen atoms in total. The molecule has 3 aliphatic carbocycles. The number of hydrogen-bond acceptors (Lipinski definition) is 6. The first-order chi connectivity index (χ1) is 14.5. The van der Waals surface area contributed by atoms with Gasteiger partial charge >= 0.3 is 6.09 Å². The Kier molecular flexibility index (Phi) is 5.50. The molecule has 0 spiro atoms. The average Bonchev–Trinajstić information content (AvgIpc) is 2.67. The minimum atomic E-state index is -0.768. The van der Waals surface area contributed by atoms with Crippen molar-refractivity contribution in [3.05, 3.63) is 23.2 Å². The maximum absolute atomic E-state index is 13.0. The van der Waals surface area contributed by atoms with Crippen molar-refractivity contribution < 1.29 is 24.2 Å². The number of anilines is 1. The lowest BCUT2D eigenvalue weighted by atomic mass is 9.60. The van der Waals surface area contributed by atoms with E-state index in [1.165, 1.54) is 0 Å². The van der Waals surface area contributed by atoms with Crippen molar-refractivity contribution in [2.45, 2.75) is 81.8 Å². The van der Waals surface area contributed by atoms with Crippen molar-refractivity contribution in [2.75, 3.05) is 11.9 Å². The second kappa shape index (κ2) is 7.74. The van der Waals surface area contributed by atoms with E-state index in [1.54, 1.807) is 39.0 Å². The lowest BCUT2D eigenvalue weighted by Crippen LogP contribution is -2.71. The third-order valence-electron chi connectivity index (χ3n) is 6.44. The van der Waals surface area contributed by atoms with Gasteiger partial charge in [0.25, 0.3) is 5.91 Å². The molecule has 2 amide bonds. The van der Waals surface area contributed by atoms with E-state index in [-0.39, 0.29) is 5.91 Å². The highest BCUT2D eigenvalue weighted by Crippen LogP contribution is 2.47. The molecular weight excluding hydrogens is 422 g/mol. The molecule has 2 atom stereocenters. The molecule has 2 bridgehead atoms. The number of nitrogens with one attached hydrogen (secondary N) is 3. The normalized spacial score (nSPS) is 31.6. The summed E-state index contributed by atoms with van der Waals surface area (Å²) in [6.45, 7) is 5.75. The summed E-state index contributed by atoms with van der Waals surface area (Å²) >= 11 is 6.00. The predicted octanol–water partition coefficient (Wildman–Crippen LogP) is 2.97. The molecule has 0 saturated heterocycles. The second-order valence-electron chi connectivity index (χ2n) is 9.90. The minimum Gasteiger partial charge on any atom is -0.477 e. The van der Waals surface area contributed by atoms with Crippen molar-refractivity contribution in [2.24, 2.45) is 0 Å². The smallest absolute Gasteiger partial charge is 0.408 e. The average molecular weight is 452 g/mol. The molecular formula is C22H30ClN3O5. The number of carbonyl (C=O) groups is 2. The molecule has 9 heteroatoms. The number of ether oxygens (including phenoxy) is 2. The van der Waals surface area contributed by atoms with Crippen LogP contribution in [0.1, 0.15) is 52.9 Å². The Morgan fingerprint density at radius 1 is 1.23 bits per heavy atom. The Morgan fingerprint density at radius 3 is 2.58 bits per heavy atom. The zero-order valence-corrected chi connectivity index (χ0v) is 18.8. The molecule has 3 saturated carbocycles. The van der Waals surface area contributed by atoms with Gasteiger partial charge < -0.3 is 30.5 Å². The van der Waals surface area contributed by atoms with Crippen LogP contribution in [0, 0.1) is 0 Å². The van der Waals surface area contributed by atoms with Crippen LogP contribution in [0.25, 0.3) is 0 Å². The highest BCUT2D eigenvalue weighted by molar-refractivity contribution is 6.30. The molecule has 170 valence electrons. The lowest BCUT2D eigenvalue weighted by molar-refractivity contribution is -0.134. The minimum absolute atomic E-state index is 0.213. The molecule has 1 heterocycles. The summed E-state index contributed by atoms with van der Waals surface area (Å²) in [6, 6.07) is 5.22. The Hall–Kier alpha value is -2.19. The van der Waals surface area contributed by atoms with Gasteiger partial charge in [-0.15, -0.1) is 0 Å². The van der Waals surface area contributed by atoms with Crippen molar-refractivity contribution in [3.63, 3.8) is 0 Å². The first kappa shape index (κ1) is 22.0. The van der Waals surface area contributed by atoms with Gasteiger partial charge in [-0.05, 0) is 71.1 Å². The number of aliphatic hydroxyl groups is 1. The van der Waals surface area contributed by atoms with Gasteiger partial charge in [0.1, 0.15) is 11.4 Å². The van der Waals surface area contributed by atoms with E-state index >= 15 is 0 Å². The van der Waals surface area contributed by atoms with E-state index in [0.717, 1.165) is 5.69 Å². The zero-order chi connectivity index (χ0) is 22.4. The third kappa shape index (κ3) is 4.55. The van der Waals surface area contributed by atoms with Gasteiger partial charge in [-0.1, -0.05) is 11.6 Å². The van der Waals surface area contributed by atoms with Crippen molar-refractivity contribution >= 4 is 29.3 Å². The number of amides is 2. The molecule has 1 aromatic rings. The van der Waals surface area contributed by atoms with Crippen molar-refractivity contribution in [1.82, 2.24) is 10.6 Å². The van der Waals surface area contributed by atoms with Crippen LogP contribution >= 0.6 is 11.6 Å². The van der Waals surface area contributed by atoms with E-state index in [2.05, 4.69) is 16.0 Å². The Balaban J connectivity index is 1.38. The molecule has 1 unspecified atom stereocenters. The van der Waals surface area contributed by atoms with E-state index in [1.807, 2.05) is 0 Å². The van der Waals surface area contributed by atoms with E-state index < -0.39 is 35.0 Å².